The molecular weight excluding hydrogens is 402 g/mol. The Morgan fingerprint density at radius 2 is 1.81 bits per heavy atom. The number of fused-ring (bicyclic) bond motifs is 1. The zero-order valence-corrected chi connectivity index (χ0v) is 16.6. The van der Waals surface area contributed by atoms with E-state index in [0.717, 1.165) is 17.9 Å². The van der Waals surface area contributed by atoms with Gasteiger partial charge in [-0.05, 0) is 42.9 Å². The van der Waals surface area contributed by atoms with Gasteiger partial charge in [0.2, 0.25) is 0 Å². The van der Waals surface area contributed by atoms with Crippen molar-refractivity contribution in [3.63, 3.8) is 0 Å². The van der Waals surface area contributed by atoms with Crippen molar-refractivity contribution in [3.8, 4) is 17.1 Å². The predicted octanol–water partition coefficient (Wildman–Crippen LogP) is 3.39. The summed E-state index contributed by atoms with van der Waals surface area (Å²) in [5.74, 6) is 0.130. The first-order valence-electron chi connectivity index (χ1n) is 10.0. The Balaban J connectivity index is 1.38. The lowest BCUT2D eigenvalue weighted by Crippen LogP contribution is -2.38. The number of imide groups is 1. The van der Waals surface area contributed by atoms with E-state index in [9.17, 15) is 19.7 Å². The molecule has 31 heavy (non-hydrogen) atoms. The molecule has 2 aromatic rings. The van der Waals surface area contributed by atoms with Crippen molar-refractivity contribution < 1.29 is 23.7 Å². The number of methoxy groups -OCH3 is 1. The predicted molar refractivity (Wildman–Crippen MR) is 109 cm³/mol. The number of carbonyl (C=O) groups excluding carboxylic acids is 2. The van der Waals surface area contributed by atoms with Crippen LogP contribution in [-0.4, -0.2) is 35.1 Å². The van der Waals surface area contributed by atoms with Crippen LogP contribution in [0.3, 0.4) is 0 Å². The van der Waals surface area contributed by atoms with Crippen LogP contribution in [0.25, 0.3) is 11.3 Å². The fourth-order valence-corrected chi connectivity index (χ4v) is 4.85. The van der Waals surface area contributed by atoms with Gasteiger partial charge in [-0.3, -0.25) is 19.7 Å². The number of carbonyl (C=O) groups is 2. The quantitative estimate of drug-likeness (QED) is 0.240. The molecule has 9 heteroatoms. The lowest BCUT2D eigenvalue weighted by molar-refractivity contribution is -0.384. The highest BCUT2D eigenvalue weighted by molar-refractivity contribution is 6.06. The first kappa shape index (κ1) is 19.2. The van der Waals surface area contributed by atoms with Gasteiger partial charge in [0.15, 0.2) is 0 Å². The van der Waals surface area contributed by atoms with Crippen LogP contribution in [0.1, 0.15) is 18.6 Å². The van der Waals surface area contributed by atoms with Gasteiger partial charge in [-0.15, -0.1) is 0 Å². The number of rotatable bonds is 5. The van der Waals surface area contributed by atoms with Crippen molar-refractivity contribution in [2.75, 3.05) is 7.11 Å². The first-order chi connectivity index (χ1) is 15.0. The molecule has 4 atom stereocenters. The normalized spacial score (nSPS) is 26.7. The number of ether oxygens (including phenoxy) is 1. The van der Waals surface area contributed by atoms with Crippen LogP contribution in [0, 0.1) is 33.8 Å². The third-order valence-corrected chi connectivity index (χ3v) is 6.32. The zero-order valence-electron chi connectivity index (χ0n) is 16.6. The first-order valence-corrected chi connectivity index (χ1v) is 10.0. The Bertz CT molecular complexity index is 1120. The number of hydrazone groups is 1. The average Bonchev–Trinajstić information content (AvgIpc) is 3.36. The highest BCUT2D eigenvalue weighted by atomic mass is 16.6. The summed E-state index contributed by atoms with van der Waals surface area (Å²) in [5, 5.41) is 16.1. The maximum Gasteiger partial charge on any atom is 0.273 e. The van der Waals surface area contributed by atoms with E-state index in [2.05, 4.69) is 17.3 Å². The molecule has 0 unspecified atom stereocenters. The van der Waals surface area contributed by atoms with E-state index >= 15 is 0 Å². The summed E-state index contributed by atoms with van der Waals surface area (Å²) < 4.78 is 11.0. The molecule has 2 bridgehead atoms. The smallest absolute Gasteiger partial charge is 0.273 e. The largest absolute Gasteiger partial charge is 0.496 e. The van der Waals surface area contributed by atoms with Gasteiger partial charge in [-0.25, -0.2) is 0 Å². The SMILES string of the molecule is COc1cc([N+](=O)[O-])ccc1-c1ccc(/C=N\N2C(=O)[C@@H]3[C@H](C2=O)[C@H]2C=C[C@H]3CC2)o1. The number of amides is 2. The second kappa shape index (κ2) is 7.19. The minimum absolute atomic E-state index is 0.0927. The Kier molecular flexibility index (Phi) is 4.46. The number of hydrogen-bond donors (Lipinski definition) is 0. The Hall–Kier alpha value is -3.75. The highest BCUT2D eigenvalue weighted by Crippen LogP contribution is 2.49. The number of furan rings is 1. The monoisotopic (exact) mass is 421 g/mol. The van der Waals surface area contributed by atoms with Crippen LogP contribution >= 0.6 is 0 Å². The van der Waals surface area contributed by atoms with Gasteiger partial charge in [-0.2, -0.15) is 10.1 Å². The van der Waals surface area contributed by atoms with Crippen molar-refractivity contribution in [1.82, 2.24) is 5.01 Å². The van der Waals surface area contributed by atoms with Gasteiger partial charge >= 0.3 is 0 Å². The summed E-state index contributed by atoms with van der Waals surface area (Å²) in [7, 11) is 1.42. The fourth-order valence-electron chi connectivity index (χ4n) is 4.85. The number of benzene rings is 1. The molecule has 158 valence electrons. The van der Waals surface area contributed by atoms with Gasteiger partial charge in [0.25, 0.3) is 17.5 Å². The van der Waals surface area contributed by atoms with Gasteiger partial charge in [0.05, 0.1) is 41.7 Å². The van der Waals surface area contributed by atoms with Crippen LogP contribution in [0.4, 0.5) is 5.69 Å². The molecule has 1 aromatic heterocycles. The molecule has 0 radical (unpaired) electrons. The summed E-state index contributed by atoms with van der Waals surface area (Å²) in [6, 6.07) is 7.53. The van der Waals surface area contributed by atoms with Crippen LogP contribution in [0.15, 0.2) is 52.0 Å². The third-order valence-electron chi connectivity index (χ3n) is 6.32. The molecule has 2 heterocycles. The van der Waals surface area contributed by atoms with Crippen molar-refractivity contribution in [1.29, 1.82) is 0 Å². The fraction of sp³-hybridized carbons (Fsp3) is 0.318. The second-order valence-corrected chi connectivity index (χ2v) is 7.92. The highest BCUT2D eigenvalue weighted by Gasteiger charge is 2.56. The molecular formula is C22H19N3O6. The number of allylic oxidation sites excluding steroid dienone is 2. The Morgan fingerprint density at radius 1 is 1.13 bits per heavy atom. The van der Waals surface area contributed by atoms with E-state index in [4.69, 9.17) is 9.15 Å². The lowest BCUT2D eigenvalue weighted by Gasteiger charge is -2.37. The molecule has 2 amide bonds. The van der Waals surface area contributed by atoms with Crippen molar-refractivity contribution in [3.05, 3.63) is 58.4 Å². The number of nitro benzene ring substituents is 1. The van der Waals surface area contributed by atoms with Gasteiger partial charge < -0.3 is 9.15 Å². The van der Waals surface area contributed by atoms with Crippen molar-refractivity contribution >= 4 is 23.7 Å². The van der Waals surface area contributed by atoms with E-state index in [0.29, 0.717) is 22.8 Å². The van der Waals surface area contributed by atoms with Crippen LogP contribution in [-0.2, 0) is 9.59 Å². The molecule has 1 aliphatic heterocycles. The number of non-ortho nitro benzene ring substituents is 1. The van der Waals surface area contributed by atoms with Crippen molar-refractivity contribution in [2.24, 2.45) is 28.8 Å². The summed E-state index contributed by atoms with van der Waals surface area (Å²) in [6.45, 7) is 0. The van der Waals surface area contributed by atoms with Crippen LogP contribution in [0.5, 0.6) is 5.75 Å². The molecule has 4 aliphatic rings. The molecule has 6 rings (SSSR count). The molecule has 1 aromatic carbocycles. The maximum atomic E-state index is 12.8. The average molecular weight is 421 g/mol. The molecule has 0 spiro atoms. The molecule has 9 nitrogen and oxygen atoms in total. The minimum Gasteiger partial charge on any atom is -0.496 e. The molecule has 2 fully saturated rings. The zero-order chi connectivity index (χ0) is 21.7. The molecule has 1 saturated heterocycles. The van der Waals surface area contributed by atoms with E-state index in [1.807, 2.05) is 0 Å². The van der Waals surface area contributed by atoms with E-state index in [1.165, 1.54) is 31.5 Å². The van der Waals surface area contributed by atoms with E-state index < -0.39 is 4.92 Å². The maximum absolute atomic E-state index is 12.8. The molecule has 0 N–H and O–H groups in total. The Morgan fingerprint density at radius 3 is 2.39 bits per heavy atom. The van der Waals surface area contributed by atoms with E-state index in [1.54, 1.807) is 12.1 Å². The summed E-state index contributed by atoms with van der Waals surface area (Å²) in [5.41, 5.74) is 0.444. The molecule has 1 saturated carbocycles. The number of nitro groups is 1. The van der Waals surface area contributed by atoms with Crippen molar-refractivity contribution in [2.45, 2.75) is 12.8 Å². The van der Waals surface area contributed by atoms with Gasteiger partial charge in [0, 0.05) is 6.07 Å². The minimum atomic E-state index is -0.504. The topological polar surface area (TPSA) is 115 Å². The van der Waals surface area contributed by atoms with E-state index in [-0.39, 0.29) is 41.2 Å². The second-order valence-electron chi connectivity index (χ2n) is 7.92. The third kappa shape index (κ3) is 3.04. The Labute approximate surface area is 177 Å². The van der Waals surface area contributed by atoms with Crippen LogP contribution in [0.2, 0.25) is 0 Å². The molecule has 3 aliphatic carbocycles. The van der Waals surface area contributed by atoms with Gasteiger partial charge in [-0.1, -0.05) is 12.2 Å². The van der Waals surface area contributed by atoms with Crippen LogP contribution < -0.4 is 4.74 Å². The standard InChI is InChI=1S/C22H19N3O6/c1-30-18-10-14(25(28)29)6-8-16(18)17-9-7-15(31-17)11-23-24-21(26)19-12-2-3-13(5-4-12)20(19)22(24)27/h2-3,6-13,19-20H,4-5H2,1H3/b23-11-/t12-,13-,19-,20+/m0/s1. The summed E-state index contributed by atoms with van der Waals surface area (Å²) in [6.07, 6.45) is 7.31. The van der Waals surface area contributed by atoms with Gasteiger partial charge in [0.1, 0.15) is 17.3 Å². The number of nitrogens with zero attached hydrogens (tertiary/aromatic N) is 3. The summed E-state index contributed by atoms with van der Waals surface area (Å²) in [4.78, 5) is 36.1. The lowest BCUT2D eigenvalue weighted by atomic mass is 9.63. The number of hydrogen-bond acceptors (Lipinski definition) is 7. The summed E-state index contributed by atoms with van der Waals surface area (Å²) >= 11 is 0.